The number of hydrogen-bond donors (Lipinski definition) is 2. The van der Waals surface area contributed by atoms with E-state index in [9.17, 15) is 14.0 Å². The molecule has 9 heteroatoms. The molecular formula is C22H26FN3O5. The number of carbonyl (C=O) groups is 2. The fourth-order valence-corrected chi connectivity index (χ4v) is 2.82. The first-order valence-electron chi connectivity index (χ1n) is 9.50. The molecule has 0 saturated heterocycles. The minimum absolute atomic E-state index is 0.137. The van der Waals surface area contributed by atoms with Gasteiger partial charge in [0.05, 0.1) is 33.1 Å². The molecule has 31 heavy (non-hydrogen) atoms. The predicted octanol–water partition coefficient (Wildman–Crippen LogP) is 2.76. The number of nitrogens with zero attached hydrogens (tertiary/aromatic N) is 1. The zero-order valence-corrected chi connectivity index (χ0v) is 18.1. The van der Waals surface area contributed by atoms with E-state index < -0.39 is 23.7 Å². The average molecular weight is 431 g/mol. The lowest BCUT2D eigenvalue weighted by atomic mass is 10.0. The lowest BCUT2D eigenvalue weighted by Crippen LogP contribution is -2.48. The van der Waals surface area contributed by atoms with Crippen LogP contribution in [0.4, 0.5) is 4.39 Å². The summed E-state index contributed by atoms with van der Waals surface area (Å²) in [6.45, 7) is 3.52. The Morgan fingerprint density at radius 1 is 1.03 bits per heavy atom. The molecule has 0 spiro atoms. The van der Waals surface area contributed by atoms with Crippen LogP contribution in [0.15, 0.2) is 41.5 Å². The summed E-state index contributed by atoms with van der Waals surface area (Å²) >= 11 is 0. The van der Waals surface area contributed by atoms with Crippen molar-refractivity contribution in [3.8, 4) is 17.2 Å². The summed E-state index contributed by atoms with van der Waals surface area (Å²) in [7, 11) is 4.48. The summed E-state index contributed by atoms with van der Waals surface area (Å²) in [6.07, 6.45) is 1.40. The van der Waals surface area contributed by atoms with Crippen molar-refractivity contribution in [2.75, 3.05) is 21.3 Å². The molecule has 0 aromatic heterocycles. The van der Waals surface area contributed by atoms with Crippen molar-refractivity contribution in [1.82, 2.24) is 10.7 Å². The zero-order chi connectivity index (χ0) is 23.0. The van der Waals surface area contributed by atoms with Gasteiger partial charge < -0.3 is 19.5 Å². The second-order valence-corrected chi connectivity index (χ2v) is 6.87. The first kappa shape index (κ1) is 23.7. The van der Waals surface area contributed by atoms with Crippen molar-refractivity contribution < 1.29 is 28.2 Å². The van der Waals surface area contributed by atoms with E-state index in [1.165, 1.54) is 45.7 Å². The minimum atomic E-state index is -0.913. The Morgan fingerprint density at radius 3 is 2.16 bits per heavy atom. The van der Waals surface area contributed by atoms with Crippen molar-refractivity contribution >= 4 is 18.0 Å². The highest BCUT2D eigenvalue weighted by molar-refractivity contribution is 5.98. The van der Waals surface area contributed by atoms with Crippen LogP contribution in [0.3, 0.4) is 0 Å². The number of nitrogens with one attached hydrogen (secondary N) is 2. The van der Waals surface area contributed by atoms with E-state index >= 15 is 0 Å². The maximum atomic E-state index is 13.8. The Kier molecular flexibility index (Phi) is 8.36. The standard InChI is InChI=1S/C22H26FN3O5/c1-13(2)19(25-21(27)15-8-6-7-9-16(15)23)22(28)26-24-12-14-10-17(29-3)20(31-5)18(11-14)30-4/h6-13,19H,1-5H3,(H,25,27)(H,26,28). The monoisotopic (exact) mass is 431 g/mol. The molecule has 0 saturated carbocycles. The molecule has 166 valence electrons. The molecule has 0 heterocycles. The van der Waals surface area contributed by atoms with Gasteiger partial charge in [0.15, 0.2) is 11.5 Å². The number of carbonyl (C=O) groups excluding carboxylic acids is 2. The van der Waals surface area contributed by atoms with Crippen molar-refractivity contribution in [3.05, 3.63) is 53.3 Å². The van der Waals surface area contributed by atoms with Crippen LogP contribution in [0.2, 0.25) is 0 Å². The Labute approximate surface area is 180 Å². The van der Waals surface area contributed by atoms with E-state index in [0.717, 1.165) is 0 Å². The molecule has 0 aliphatic carbocycles. The molecule has 1 atom stereocenters. The Bertz CT molecular complexity index is 937. The van der Waals surface area contributed by atoms with Crippen LogP contribution in [0.1, 0.15) is 29.8 Å². The highest BCUT2D eigenvalue weighted by Gasteiger charge is 2.25. The molecule has 0 aliphatic heterocycles. The second-order valence-electron chi connectivity index (χ2n) is 6.87. The van der Waals surface area contributed by atoms with Crippen LogP contribution in [0.25, 0.3) is 0 Å². The normalized spacial score (nSPS) is 11.8. The van der Waals surface area contributed by atoms with E-state index in [-0.39, 0.29) is 11.5 Å². The Balaban J connectivity index is 2.12. The summed E-state index contributed by atoms with van der Waals surface area (Å²) in [5.41, 5.74) is 2.85. The highest BCUT2D eigenvalue weighted by atomic mass is 19.1. The maximum absolute atomic E-state index is 13.8. The van der Waals surface area contributed by atoms with Gasteiger partial charge in [0.1, 0.15) is 11.9 Å². The smallest absolute Gasteiger partial charge is 0.262 e. The van der Waals surface area contributed by atoms with Crippen LogP contribution >= 0.6 is 0 Å². The first-order valence-corrected chi connectivity index (χ1v) is 9.50. The van der Waals surface area contributed by atoms with Gasteiger partial charge in [0.2, 0.25) is 5.75 Å². The molecule has 0 fully saturated rings. The van der Waals surface area contributed by atoms with Gasteiger partial charge in [-0.05, 0) is 30.2 Å². The Morgan fingerprint density at radius 2 is 1.65 bits per heavy atom. The maximum Gasteiger partial charge on any atom is 0.262 e. The zero-order valence-electron chi connectivity index (χ0n) is 18.1. The van der Waals surface area contributed by atoms with E-state index in [2.05, 4.69) is 15.8 Å². The Hall–Kier alpha value is -3.62. The molecule has 2 amide bonds. The molecule has 0 aliphatic rings. The average Bonchev–Trinajstić information content (AvgIpc) is 2.76. The topological polar surface area (TPSA) is 98.2 Å². The fourth-order valence-electron chi connectivity index (χ4n) is 2.82. The summed E-state index contributed by atoms with van der Waals surface area (Å²) in [6, 6.07) is 7.97. The van der Waals surface area contributed by atoms with Crippen molar-refractivity contribution in [2.45, 2.75) is 19.9 Å². The van der Waals surface area contributed by atoms with Crippen LogP contribution < -0.4 is 25.0 Å². The number of hydrogen-bond acceptors (Lipinski definition) is 6. The molecule has 8 nitrogen and oxygen atoms in total. The number of halogens is 1. The minimum Gasteiger partial charge on any atom is -0.493 e. The third kappa shape index (κ3) is 5.94. The summed E-state index contributed by atoms with van der Waals surface area (Å²) in [5, 5.41) is 6.50. The van der Waals surface area contributed by atoms with E-state index in [1.807, 2.05) is 0 Å². The number of methoxy groups -OCH3 is 3. The molecule has 2 N–H and O–H groups in total. The van der Waals surface area contributed by atoms with Gasteiger partial charge in [-0.15, -0.1) is 0 Å². The lowest BCUT2D eigenvalue weighted by Gasteiger charge is -2.20. The van der Waals surface area contributed by atoms with E-state index in [0.29, 0.717) is 22.8 Å². The van der Waals surface area contributed by atoms with Crippen molar-refractivity contribution in [1.29, 1.82) is 0 Å². The van der Waals surface area contributed by atoms with E-state index in [1.54, 1.807) is 32.0 Å². The van der Waals surface area contributed by atoms with Gasteiger partial charge in [0, 0.05) is 5.56 Å². The third-order valence-electron chi connectivity index (χ3n) is 4.43. The second kappa shape index (κ2) is 11.0. The summed E-state index contributed by atoms with van der Waals surface area (Å²) in [5.74, 6) is -0.833. The number of hydrazone groups is 1. The largest absolute Gasteiger partial charge is 0.493 e. The van der Waals surface area contributed by atoms with Crippen LogP contribution in [0.5, 0.6) is 17.2 Å². The first-order chi connectivity index (χ1) is 14.8. The van der Waals surface area contributed by atoms with Crippen LogP contribution in [-0.4, -0.2) is 45.4 Å². The fraction of sp³-hybridized carbons (Fsp3) is 0.318. The lowest BCUT2D eigenvalue weighted by molar-refractivity contribution is -0.123. The molecule has 2 aromatic rings. The SMILES string of the molecule is COc1cc(C=NNC(=O)C(NC(=O)c2ccccc2F)C(C)C)cc(OC)c1OC. The van der Waals surface area contributed by atoms with Gasteiger partial charge in [-0.3, -0.25) is 9.59 Å². The quantitative estimate of drug-likeness (QED) is 0.470. The predicted molar refractivity (Wildman–Crippen MR) is 114 cm³/mol. The van der Waals surface area contributed by atoms with Crippen LogP contribution in [-0.2, 0) is 4.79 Å². The molecule has 0 radical (unpaired) electrons. The van der Waals surface area contributed by atoms with Gasteiger partial charge in [0.25, 0.3) is 11.8 Å². The molecular weight excluding hydrogens is 405 g/mol. The number of amides is 2. The highest BCUT2D eigenvalue weighted by Crippen LogP contribution is 2.37. The number of ether oxygens (including phenoxy) is 3. The van der Waals surface area contributed by atoms with Gasteiger partial charge in [-0.25, -0.2) is 9.82 Å². The number of rotatable bonds is 9. The van der Waals surface area contributed by atoms with Crippen LogP contribution in [0, 0.1) is 11.7 Å². The number of benzene rings is 2. The van der Waals surface area contributed by atoms with Gasteiger partial charge in [-0.2, -0.15) is 5.10 Å². The third-order valence-corrected chi connectivity index (χ3v) is 4.43. The molecule has 2 aromatic carbocycles. The summed E-state index contributed by atoms with van der Waals surface area (Å²) < 4.78 is 29.7. The molecule has 0 bridgehead atoms. The summed E-state index contributed by atoms with van der Waals surface area (Å²) in [4.78, 5) is 24.9. The van der Waals surface area contributed by atoms with E-state index in [4.69, 9.17) is 14.2 Å². The van der Waals surface area contributed by atoms with Gasteiger partial charge in [-0.1, -0.05) is 26.0 Å². The molecule has 1 unspecified atom stereocenters. The molecule has 2 rings (SSSR count). The van der Waals surface area contributed by atoms with Crippen molar-refractivity contribution in [2.24, 2.45) is 11.0 Å². The van der Waals surface area contributed by atoms with Gasteiger partial charge >= 0.3 is 0 Å². The van der Waals surface area contributed by atoms with Crippen molar-refractivity contribution in [3.63, 3.8) is 0 Å².